The normalized spacial score (nSPS) is 12.2. The zero-order valence-corrected chi connectivity index (χ0v) is 19.7. The second-order valence-electron chi connectivity index (χ2n) is 8.65. The van der Waals surface area contributed by atoms with Crippen molar-refractivity contribution in [3.63, 3.8) is 0 Å². The Labute approximate surface area is 205 Å². The number of para-hydroxylation sites is 1. The maximum atomic E-state index is 13.8. The summed E-state index contributed by atoms with van der Waals surface area (Å²) >= 11 is 0. The van der Waals surface area contributed by atoms with Gasteiger partial charge < -0.3 is 15.0 Å². The van der Waals surface area contributed by atoms with E-state index in [4.69, 9.17) is 4.74 Å². The molecule has 4 aromatic rings. The van der Waals surface area contributed by atoms with E-state index in [-0.39, 0.29) is 11.8 Å². The molecule has 0 unspecified atom stereocenters. The fraction of sp³-hybridized carbons (Fsp3) is 0.133. The average molecular weight is 463 g/mol. The molecule has 5 rings (SSSR count). The number of ether oxygens (including phenoxy) is 1. The molecular weight excluding hydrogens is 436 g/mol. The molecular formula is C30H26N2O3. The zero-order valence-electron chi connectivity index (χ0n) is 19.7. The van der Waals surface area contributed by atoms with Crippen LogP contribution in [0, 0.1) is 6.92 Å². The second-order valence-corrected chi connectivity index (χ2v) is 8.65. The Morgan fingerprint density at radius 2 is 1.51 bits per heavy atom. The average Bonchev–Trinajstić information content (AvgIpc) is 3.05. The number of amides is 2. The SMILES string of the molecule is COc1cc(C(=O)N2Cc3ccccc3Cc3ccccc32)ccc1NC(=O)c1ccccc1C. The van der Waals surface area contributed by atoms with Gasteiger partial charge in [-0.15, -0.1) is 0 Å². The van der Waals surface area contributed by atoms with Crippen LogP contribution < -0.4 is 15.0 Å². The number of anilines is 2. The predicted molar refractivity (Wildman–Crippen MR) is 138 cm³/mol. The lowest BCUT2D eigenvalue weighted by Crippen LogP contribution is -2.30. The van der Waals surface area contributed by atoms with E-state index in [1.54, 1.807) is 24.3 Å². The molecule has 1 aliphatic heterocycles. The van der Waals surface area contributed by atoms with E-state index in [0.717, 1.165) is 28.8 Å². The van der Waals surface area contributed by atoms with Gasteiger partial charge in [-0.05, 0) is 65.9 Å². The Morgan fingerprint density at radius 3 is 2.29 bits per heavy atom. The highest BCUT2D eigenvalue weighted by atomic mass is 16.5. The number of carbonyl (C=O) groups excluding carboxylic acids is 2. The molecule has 0 fully saturated rings. The largest absolute Gasteiger partial charge is 0.495 e. The third kappa shape index (κ3) is 4.41. The van der Waals surface area contributed by atoms with Crippen LogP contribution in [0.1, 0.15) is 43.0 Å². The first-order valence-corrected chi connectivity index (χ1v) is 11.6. The van der Waals surface area contributed by atoms with E-state index < -0.39 is 0 Å². The molecule has 4 aromatic carbocycles. The molecule has 0 saturated carbocycles. The Balaban J connectivity index is 1.47. The lowest BCUT2D eigenvalue weighted by Gasteiger charge is -2.24. The van der Waals surface area contributed by atoms with Crippen LogP contribution in [0.4, 0.5) is 11.4 Å². The van der Waals surface area contributed by atoms with Gasteiger partial charge in [-0.3, -0.25) is 9.59 Å². The van der Waals surface area contributed by atoms with Crippen molar-refractivity contribution in [3.05, 3.63) is 124 Å². The van der Waals surface area contributed by atoms with E-state index in [1.807, 2.05) is 60.4 Å². The van der Waals surface area contributed by atoms with E-state index >= 15 is 0 Å². The summed E-state index contributed by atoms with van der Waals surface area (Å²) in [7, 11) is 1.53. The summed E-state index contributed by atoms with van der Waals surface area (Å²) in [5.41, 5.74) is 6.85. The molecule has 5 heteroatoms. The molecule has 0 aliphatic carbocycles. The molecule has 1 N–H and O–H groups in total. The Kier molecular flexibility index (Phi) is 6.06. The van der Waals surface area contributed by atoms with Crippen molar-refractivity contribution in [1.29, 1.82) is 0 Å². The molecule has 0 atom stereocenters. The molecule has 5 nitrogen and oxygen atoms in total. The smallest absolute Gasteiger partial charge is 0.258 e. The lowest BCUT2D eigenvalue weighted by atomic mass is 10.0. The van der Waals surface area contributed by atoms with Crippen molar-refractivity contribution in [3.8, 4) is 5.75 Å². The Morgan fingerprint density at radius 1 is 0.829 bits per heavy atom. The van der Waals surface area contributed by atoms with Crippen molar-refractivity contribution >= 4 is 23.2 Å². The Hall–Kier alpha value is -4.38. The highest BCUT2D eigenvalue weighted by Crippen LogP contribution is 2.33. The van der Waals surface area contributed by atoms with Crippen molar-refractivity contribution in [2.24, 2.45) is 0 Å². The minimum atomic E-state index is -0.224. The van der Waals surface area contributed by atoms with Gasteiger partial charge in [0, 0.05) is 16.8 Å². The summed E-state index contributed by atoms with van der Waals surface area (Å²) in [6, 6.07) is 28.8. The van der Waals surface area contributed by atoms with Gasteiger partial charge in [0.1, 0.15) is 5.75 Å². The summed E-state index contributed by atoms with van der Waals surface area (Å²) < 4.78 is 5.56. The number of methoxy groups -OCH3 is 1. The topological polar surface area (TPSA) is 58.6 Å². The van der Waals surface area contributed by atoms with Gasteiger partial charge in [0.25, 0.3) is 11.8 Å². The van der Waals surface area contributed by atoms with Crippen LogP contribution in [0.2, 0.25) is 0 Å². The number of hydrogen-bond donors (Lipinski definition) is 1. The summed E-state index contributed by atoms with van der Waals surface area (Å²) in [6.07, 6.45) is 0.781. The van der Waals surface area contributed by atoms with E-state index in [0.29, 0.717) is 29.1 Å². The second kappa shape index (κ2) is 9.47. The van der Waals surface area contributed by atoms with Crippen LogP contribution in [0.15, 0.2) is 91.0 Å². The number of benzene rings is 4. The molecule has 0 radical (unpaired) electrons. The third-order valence-corrected chi connectivity index (χ3v) is 6.44. The summed E-state index contributed by atoms with van der Waals surface area (Å²) in [5.74, 6) is 0.0871. The number of nitrogens with one attached hydrogen (secondary N) is 1. The summed E-state index contributed by atoms with van der Waals surface area (Å²) in [4.78, 5) is 28.4. The van der Waals surface area contributed by atoms with Crippen LogP contribution in [0.25, 0.3) is 0 Å². The highest BCUT2D eigenvalue weighted by molar-refractivity contribution is 6.09. The van der Waals surface area contributed by atoms with Gasteiger partial charge in [-0.25, -0.2) is 0 Å². The quantitative estimate of drug-likeness (QED) is 0.404. The maximum Gasteiger partial charge on any atom is 0.258 e. The van der Waals surface area contributed by atoms with Gasteiger partial charge >= 0.3 is 0 Å². The maximum absolute atomic E-state index is 13.8. The standard InChI is InChI=1S/C30H26N2O3/c1-20-9-3-7-13-25(20)29(33)31-26-16-15-23(18-28(26)35-2)30(34)32-19-24-12-5-4-10-21(24)17-22-11-6-8-14-27(22)32/h3-16,18H,17,19H2,1-2H3,(H,31,33). The number of nitrogens with zero attached hydrogens (tertiary/aromatic N) is 1. The monoisotopic (exact) mass is 462 g/mol. The first-order valence-electron chi connectivity index (χ1n) is 11.6. The van der Waals surface area contributed by atoms with E-state index in [1.165, 1.54) is 12.7 Å². The number of fused-ring (bicyclic) bond motifs is 2. The van der Waals surface area contributed by atoms with Crippen molar-refractivity contribution in [1.82, 2.24) is 0 Å². The first-order chi connectivity index (χ1) is 17.0. The van der Waals surface area contributed by atoms with Gasteiger partial charge in [-0.2, -0.15) is 0 Å². The van der Waals surface area contributed by atoms with E-state index in [9.17, 15) is 9.59 Å². The van der Waals surface area contributed by atoms with Crippen LogP contribution in [-0.4, -0.2) is 18.9 Å². The molecule has 2 amide bonds. The number of carbonyl (C=O) groups is 2. The van der Waals surface area contributed by atoms with Crippen LogP contribution in [0.5, 0.6) is 5.75 Å². The molecule has 0 bridgehead atoms. The highest BCUT2D eigenvalue weighted by Gasteiger charge is 2.25. The number of hydrogen-bond acceptors (Lipinski definition) is 3. The fourth-order valence-corrected chi connectivity index (χ4v) is 4.55. The van der Waals surface area contributed by atoms with Crippen molar-refractivity contribution < 1.29 is 14.3 Å². The number of aryl methyl sites for hydroxylation is 1. The summed E-state index contributed by atoms with van der Waals surface area (Å²) in [6.45, 7) is 2.38. The molecule has 0 aromatic heterocycles. The minimum absolute atomic E-state index is 0.121. The molecule has 0 saturated heterocycles. The molecule has 1 heterocycles. The minimum Gasteiger partial charge on any atom is -0.495 e. The number of rotatable bonds is 4. The molecule has 1 aliphatic rings. The molecule has 0 spiro atoms. The molecule has 35 heavy (non-hydrogen) atoms. The van der Waals surface area contributed by atoms with Gasteiger partial charge in [-0.1, -0.05) is 60.7 Å². The summed E-state index contributed by atoms with van der Waals surface area (Å²) in [5, 5.41) is 2.91. The predicted octanol–water partition coefficient (Wildman–Crippen LogP) is 6.01. The van der Waals surface area contributed by atoms with Crippen LogP contribution >= 0.6 is 0 Å². The third-order valence-electron chi connectivity index (χ3n) is 6.44. The Bertz CT molecular complexity index is 1430. The zero-order chi connectivity index (χ0) is 24.4. The van der Waals surface area contributed by atoms with Crippen molar-refractivity contribution in [2.75, 3.05) is 17.3 Å². The van der Waals surface area contributed by atoms with Gasteiger partial charge in [0.2, 0.25) is 0 Å². The first kappa shape index (κ1) is 22.4. The molecule has 174 valence electrons. The van der Waals surface area contributed by atoms with Crippen LogP contribution in [0.3, 0.4) is 0 Å². The van der Waals surface area contributed by atoms with Crippen LogP contribution in [-0.2, 0) is 13.0 Å². The van der Waals surface area contributed by atoms with Gasteiger partial charge in [0.15, 0.2) is 0 Å². The van der Waals surface area contributed by atoms with Crippen molar-refractivity contribution in [2.45, 2.75) is 19.9 Å². The van der Waals surface area contributed by atoms with Gasteiger partial charge in [0.05, 0.1) is 19.3 Å². The lowest BCUT2D eigenvalue weighted by molar-refractivity contribution is 0.0983. The fourth-order valence-electron chi connectivity index (χ4n) is 4.55. The van der Waals surface area contributed by atoms with E-state index in [2.05, 4.69) is 23.5 Å².